The minimum Gasteiger partial charge on any atom is -0.478 e. The number of halogens is 1. The fraction of sp³-hybridized carbons (Fsp3) is 0.462. The van der Waals surface area contributed by atoms with Gasteiger partial charge in [-0.05, 0) is 39.8 Å². The van der Waals surface area contributed by atoms with E-state index in [1.54, 1.807) is 32.9 Å². The van der Waals surface area contributed by atoms with Gasteiger partial charge in [0.15, 0.2) is 17.7 Å². The first-order valence-corrected chi connectivity index (χ1v) is 5.68. The Morgan fingerprint density at radius 3 is 2.50 bits per heavy atom. The van der Waals surface area contributed by atoms with E-state index in [1.807, 2.05) is 0 Å². The SMILES string of the molecule is CC(Oc1ccccc1F)C(=O)NOC(C)(C)C. The Bertz CT molecular complexity index is 415. The van der Waals surface area contributed by atoms with E-state index in [0.717, 1.165) is 0 Å². The number of benzene rings is 1. The maximum absolute atomic E-state index is 13.3. The highest BCUT2D eigenvalue weighted by Gasteiger charge is 2.19. The molecule has 0 saturated heterocycles. The Morgan fingerprint density at radius 1 is 1.33 bits per heavy atom. The van der Waals surface area contributed by atoms with Crippen molar-refractivity contribution in [3.8, 4) is 5.75 Å². The van der Waals surface area contributed by atoms with Gasteiger partial charge in [-0.3, -0.25) is 9.63 Å². The van der Waals surface area contributed by atoms with Gasteiger partial charge in [0.05, 0.1) is 5.60 Å². The van der Waals surface area contributed by atoms with Gasteiger partial charge in [0.2, 0.25) is 0 Å². The molecule has 0 spiro atoms. The number of nitrogens with one attached hydrogen (secondary N) is 1. The number of carbonyl (C=O) groups excluding carboxylic acids is 1. The van der Waals surface area contributed by atoms with Crippen molar-refractivity contribution in [1.29, 1.82) is 0 Å². The average molecular weight is 255 g/mol. The van der Waals surface area contributed by atoms with Crippen LogP contribution in [0, 0.1) is 5.82 Å². The number of ether oxygens (including phenoxy) is 1. The molecule has 1 aromatic rings. The molecule has 1 unspecified atom stereocenters. The van der Waals surface area contributed by atoms with Crippen LogP contribution in [0.25, 0.3) is 0 Å². The predicted octanol–water partition coefficient (Wildman–Crippen LogP) is 2.44. The topological polar surface area (TPSA) is 47.6 Å². The normalized spacial score (nSPS) is 12.9. The molecule has 0 heterocycles. The molecule has 0 bridgehead atoms. The molecular formula is C13H18FNO3. The molecule has 100 valence electrons. The molecular weight excluding hydrogens is 237 g/mol. The van der Waals surface area contributed by atoms with Gasteiger partial charge >= 0.3 is 0 Å². The summed E-state index contributed by atoms with van der Waals surface area (Å²) in [7, 11) is 0. The van der Waals surface area contributed by atoms with Crippen LogP contribution in [0.3, 0.4) is 0 Å². The van der Waals surface area contributed by atoms with Crippen molar-refractivity contribution in [2.45, 2.75) is 39.4 Å². The summed E-state index contributed by atoms with van der Waals surface area (Å²) in [4.78, 5) is 16.7. The molecule has 0 fully saturated rings. The van der Waals surface area contributed by atoms with E-state index < -0.39 is 23.4 Å². The molecule has 0 aliphatic heterocycles. The lowest BCUT2D eigenvalue weighted by Gasteiger charge is -2.21. The van der Waals surface area contributed by atoms with Crippen LogP contribution in [-0.4, -0.2) is 17.6 Å². The average Bonchev–Trinajstić information content (AvgIpc) is 2.28. The highest BCUT2D eigenvalue weighted by atomic mass is 19.1. The van der Waals surface area contributed by atoms with E-state index in [9.17, 15) is 9.18 Å². The minimum absolute atomic E-state index is 0.0379. The third-order valence-corrected chi connectivity index (χ3v) is 1.97. The second-order valence-corrected chi connectivity index (χ2v) is 4.87. The smallest absolute Gasteiger partial charge is 0.284 e. The molecule has 0 aromatic heterocycles. The van der Waals surface area contributed by atoms with Gasteiger partial charge in [-0.15, -0.1) is 0 Å². The Balaban J connectivity index is 2.53. The molecule has 1 N–H and O–H groups in total. The van der Waals surface area contributed by atoms with Crippen LogP contribution in [0.5, 0.6) is 5.75 Å². The van der Waals surface area contributed by atoms with Crippen LogP contribution in [0.15, 0.2) is 24.3 Å². The van der Waals surface area contributed by atoms with E-state index in [4.69, 9.17) is 9.57 Å². The van der Waals surface area contributed by atoms with Crippen LogP contribution in [0.1, 0.15) is 27.7 Å². The van der Waals surface area contributed by atoms with Gasteiger partial charge in [0.1, 0.15) is 0 Å². The molecule has 0 aliphatic carbocycles. The zero-order valence-corrected chi connectivity index (χ0v) is 11.0. The summed E-state index contributed by atoms with van der Waals surface area (Å²) in [5.74, 6) is -0.932. The summed E-state index contributed by atoms with van der Waals surface area (Å²) >= 11 is 0. The van der Waals surface area contributed by atoms with Gasteiger partial charge in [0.25, 0.3) is 5.91 Å². The number of hydroxylamine groups is 1. The molecule has 0 aliphatic rings. The summed E-state index contributed by atoms with van der Waals surface area (Å²) in [6, 6.07) is 5.92. The summed E-state index contributed by atoms with van der Waals surface area (Å²) in [5.41, 5.74) is 1.78. The second kappa shape index (κ2) is 5.82. The third-order valence-electron chi connectivity index (χ3n) is 1.97. The zero-order chi connectivity index (χ0) is 13.8. The van der Waals surface area contributed by atoms with Gasteiger partial charge in [0, 0.05) is 0 Å². The first kappa shape index (κ1) is 14.4. The number of carbonyl (C=O) groups is 1. The highest BCUT2D eigenvalue weighted by molar-refractivity contribution is 5.79. The van der Waals surface area contributed by atoms with Crippen LogP contribution < -0.4 is 10.2 Å². The summed E-state index contributed by atoms with van der Waals surface area (Å²) in [6.07, 6.45) is -0.843. The summed E-state index contributed by atoms with van der Waals surface area (Å²) < 4.78 is 18.5. The van der Waals surface area contributed by atoms with E-state index in [-0.39, 0.29) is 5.75 Å². The molecule has 0 saturated carbocycles. The van der Waals surface area contributed by atoms with Gasteiger partial charge in [-0.2, -0.15) is 0 Å². The maximum atomic E-state index is 13.3. The minimum atomic E-state index is -0.843. The Kier molecular flexibility index (Phi) is 4.67. The fourth-order valence-electron chi connectivity index (χ4n) is 1.07. The lowest BCUT2D eigenvalue weighted by Crippen LogP contribution is -2.40. The molecule has 18 heavy (non-hydrogen) atoms. The number of amides is 1. The van der Waals surface area contributed by atoms with Crippen LogP contribution >= 0.6 is 0 Å². The van der Waals surface area contributed by atoms with E-state index in [1.165, 1.54) is 19.1 Å². The zero-order valence-electron chi connectivity index (χ0n) is 11.0. The number of para-hydroxylation sites is 1. The molecule has 0 radical (unpaired) electrons. The van der Waals surface area contributed by atoms with Crippen molar-refractivity contribution in [3.63, 3.8) is 0 Å². The number of hydrogen-bond donors (Lipinski definition) is 1. The Morgan fingerprint density at radius 2 is 1.94 bits per heavy atom. The van der Waals surface area contributed by atoms with Crippen molar-refractivity contribution in [2.24, 2.45) is 0 Å². The second-order valence-electron chi connectivity index (χ2n) is 4.87. The molecule has 1 atom stereocenters. The Labute approximate surface area is 106 Å². The van der Waals surface area contributed by atoms with E-state index in [2.05, 4.69) is 5.48 Å². The predicted molar refractivity (Wildman–Crippen MR) is 65.5 cm³/mol. The lowest BCUT2D eigenvalue weighted by atomic mass is 10.2. The van der Waals surface area contributed by atoms with Crippen LogP contribution in [0.4, 0.5) is 4.39 Å². The van der Waals surface area contributed by atoms with Gasteiger partial charge in [-0.25, -0.2) is 9.87 Å². The van der Waals surface area contributed by atoms with Crippen molar-refractivity contribution < 1.29 is 18.8 Å². The van der Waals surface area contributed by atoms with E-state index in [0.29, 0.717) is 0 Å². The van der Waals surface area contributed by atoms with Crippen molar-refractivity contribution in [2.75, 3.05) is 0 Å². The summed E-state index contributed by atoms with van der Waals surface area (Å²) in [6.45, 7) is 6.93. The maximum Gasteiger partial charge on any atom is 0.284 e. The first-order chi connectivity index (χ1) is 8.29. The number of rotatable bonds is 4. The quantitative estimate of drug-likeness (QED) is 0.841. The Hall–Kier alpha value is -1.62. The standard InChI is InChI=1S/C13H18FNO3/c1-9(12(16)15-18-13(2,3)4)17-11-8-6-5-7-10(11)14/h5-9H,1-4H3,(H,15,16). The molecule has 4 nitrogen and oxygen atoms in total. The molecule has 5 heteroatoms. The largest absolute Gasteiger partial charge is 0.478 e. The molecule has 1 rings (SSSR count). The third kappa shape index (κ3) is 4.71. The van der Waals surface area contributed by atoms with Crippen LogP contribution in [-0.2, 0) is 9.63 Å². The molecule has 1 amide bonds. The summed E-state index contributed by atoms with van der Waals surface area (Å²) in [5, 5.41) is 0. The lowest BCUT2D eigenvalue weighted by molar-refractivity contribution is -0.151. The number of hydrogen-bond acceptors (Lipinski definition) is 3. The molecule has 1 aromatic carbocycles. The van der Waals surface area contributed by atoms with Crippen molar-refractivity contribution >= 4 is 5.91 Å². The van der Waals surface area contributed by atoms with Crippen molar-refractivity contribution in [3.05, 3.63) is 30.1 Å². The van der Waals surface area contributed by atoms with E-state index >= 15 is 0 Å². The van der Waals surface area contributed by atoms with Crippen LogP contribution in [0.2, 0.25) is 0 Å². The van der Waals surface area contributed by atoms with Gasteiger partial charge in [-0.1, -0.05) is 12.1 Å². The van der Waals surface area contributed by atoms with Crippen molar-refractivity contribution in [1.82, 2.24) is 5.48 Å². The fourth-order valence-corrected chi connectivity index (χ4v) is 1.07. The van der Waals surface area contributed by atoms with Gasteiger partial charge < -0.3 is 4.74 Å². The first-order valence-electron chi connectivity index (χ1n) is 5.68. The monoisotopic (exact) mass is 255 g/mol. The highest BCUT2D eigenvalue weighted by Crippen LogP contribution is 2.17.